The molecule has 0 radical (unpaired) electrons. The van der Waals surface area contributed by atoms with E-state index in [4.69, 9.17) is 0 Å². The minimum atomic E-state index is 0.606. The first-order valence-corrected chi connectivity index (χ1v) is 5.07. The summed E-state index contributed by atoms with van der Waals surface area (Å²) in [7, 11) is 0. The molecule has 0 spiro atoms. The van der Waals surface area contributed by atoms with Gasteiger partial charge in [0.25, 0.3) is 0 Å². The lowest BCUT2D eigenvalue weighted by molar-refractivity contribution is 0.836. The van der Waals surface area contributed by atoms with E-state index in [1.54, 1.807) is 0 Å². The predicted octanol–water partition coefficient (Wildman–Crippen LogP) is 3.17. The second-order valence-corrected chi connectivity index (χ2v) is 4.29. The van der Waals surface area contributed by atoms with Crippen molar-refractivity contribution in [2.75, 3.05) is 5.32 Å². The monoisotopic (exact) mass is 175 g/mol. The van der Waals surface area contributed by atoms with Crippen molar-refractivity contribution in [1.29, 1.82) is 0 Å². The van der Waals surface area contributed by atoms with E-state index in [-0.39, 0.29) is 0 Å². The molecule has 2 rings (SSSR count). The minimum Gasteiger partial charge on any atom is -0.382 e. The summed E-state index contributed by atoms with van der Waals surface area (Å²) in [6, 6.07) is 7.25. The van der Waals surface area contributed by atoms with Crippen molar-refractivity contribution in [3.05, 3.63) is 29.3 Å². The van der Waals surface area contributed by atoms with Crippen LogP contribution >= 0.6 is 0 Å². The van der Waals surface area contributed by atoms with Crippen LogP contribution in [-0.4, -0.2) is 6.04 Å². The Morgan fingerprint density at radius 3 is 2.85 bits per heavy atom. The van der Waals surface area contributed by atoms with E-state index in [0.717, 1.165) is 0 Å². The molecule has 0 saturated carbocycles. The van der Waals surface area contributed by atoms with Crippen LogP contribution in [0.1, 0.15) is 37.8 Å². The first kappa shape index (κ1) is 8.61. The number of hydrogen-bond acceptors (Lipinski definition) is 1. The number of rotatable bonds is 1. The molecule has 1 heteroatoms. The molecule has 0 aliphatic carbocycles. The Morgan fingerprint density at radius 2 is 2.15 bits per heavy atom. The molecule has 1 aliphatic rings. The maximum absolute atomic E-state index is 3.55. The lowest BCUT2D eigenvalue weighted by Gasteiger charge is -2.12. The Bertz CT molecular complexity index is 315. The smallest absolute Gasteiger partial charge is 0.0410 e. The Labute approximate surface area is 80.2 Å². The van der Waals surface area contributed by atoms with Crippen LogP contribution in [-0.2, 0) is 6.42 Å². The maximum Gasteiger partial charge on any atom is 0.0410 e. The van der Waals surface area contributed by atoms with Crippen molar-refractivity contribution in [2.45, 2.75) is 39.2 Å². The molecule has 1 aromatic carbocycles. The SMILES string of the molecule is CC(C)c1cccc2c1N[C@@H](C)C2. The largest absolute Gasteiger partial charge is 0.382 e. The van der Waals surface area contributed by atoms with Gasteiger partial charge >= 0.3 is 0 Å². The molecular formula is C12H17N. The molecule has 0 fully saturated rings. The minimum absolute atomic E-state index is 0.606. The molecule has 0 saturated heterocycles. The fraction of sp³-hybridized carbons (Fsp3) is 0.500. The standard InChI is InChI=1S/C12H17N/c1-8(2)11-6-4-5-10-7-9(3)13-12(10)11/h4-6,8-9,13H,7H2,1-3H3/t9-/m0/s1. The Hall–Kier alpha value is -0.980. The van der Waals surface area contributed by atoms with Crippen molar-refractivity contribution in [3.63, 3.8) is 0 Å². The van der Waals surface area contributed by atoms with Gasteiger partial charge in [0.2, 0.25) is 0 Å². The molecule has 1 aliphatic heterocycles. The zero-order valence-electron chi connectivity index (χ0n) is 8.59. The van der Waals surface area contributed by atoms with Gasteiger partial charge in [0.15, 0.2) is 0 Å². The summed E-state index contributed by atoms with van der Waals surface area (Å²) >= 11 is 0. The number of fused-ring (bicyclic) bond motifs is 1. The lowest BCUT2D eigenvalue weighted by atomic mass is 9.98. The molecular weight excluding hydrogens is 158 g/mol. The van der Waals surface area contributed by atoms with E-state index in [1.165, 1.54) is 23.2 Å². The van der Waals surface area contributed by atoms with Crippen LogP contribution in [0.15, 0.2) is 18.2 Å². The number of para-hydroxylation sites is 1. The Kier molecular flexibility index (Phi) is 2.03. The van der Waals surface area contributed by atoms with Crippen molar-refractivity contribution in [3.8, 4) is 0 Å². The molecule has 0 unspecified atom stereocenters. The third-order valence-electron chi connectivity index (χ3n) is 2.72. The molecule has 1 aromatic rings. The highest BCUT2D eigenvalue weighted by atomic mass is 14.9. The van der Waals surface area contributed by atoms with Gasteiger partial charge in [-0.3, -0.25) is 0 Å². The van der Waals surface area contributed by atoms with Crippen molar-refractivity contribution >= 4 is 5.69 Å². The van der Waals surface area contributed by atoms with Crippen molar-refractivity contribution in [2.24, 2.45) is 0 Å². The first-order valence-electron chi connectivity index (χ1n) is 5.07. The van der Waals surface area contributed by atoms with Gasteiger partial charge in [0.05, 0.1) is 0 Å². The second kappa shape index (κ2) is 3.06. The average molecular weight is 175 g/mol. The van der Waals surface area contributed by atoms with E-state index in [2.05, 4.69) is 44.3 Å². The maximum atomic E-state index is 3.55. The van der Waals surface area contributed by atoms with Crippen LogP contribution in [0.25, 0.3) is 0 Å². The average Bonchev–Trinajstić information content (AvgIpc) is 2.43. The highest BCUT2D eigenvalue weighted by Crippen LogP contribution is 2.33. The van der Waals surface area contributed by atoms with Gasteiger partial charge in [-0.15, -0.1) is 0 Å². The summed E-state index contributed by atoms with van der Waals surface area (Å²) in [5.74, 6) is 0.618. The van der Waals surface area contributed by atoms with Gasteiger partial charge < -0.3 is 5.32 Å². The van der Waals surface area contributed by atoms with Gasteiger partial charge in [-0.1, -0.05) is 32.0 Å². The van der Waals surface area contributed by atoms with Gasteiger partial charge in [-0.05, 0) is 30.4 Å². The third kappa shape index (κ3) is 1.43. The van der Waals surface area contributed by atoms with Crippen molar-refractivity contribution < 1.29 is 0 Å². The van der Waals surface area contributed by atoms with Gasteiger partial charge in [0.1, 0.15) is 0 Å². The van der Waals surface area contributed by atoms with Crippen molar-refractivity contribution in [1.82, 2.24) is 0 Å². The summed E-state index contributed by atoms with van der Waals surface area (Å²) in [5.41, 5.74) is 4.34. The number of benzene rings is 1. The zero-order valence-corrected chi connectivity index (χ0v) is 8.59. The summed E-state index contributed by atoms with van der Waals surface area (Å²) in [6.45, 7) is 6.74. The van der Waals surface area contributed by atoms with Crippen LogP contribution in [0, 0.1) is 0 Å². The van der Waals surface area contributed by atoms with Crippen LogP contribution < -0.4 is 5.32 Å². The summed E-state index contributed by atoms with van der Waals surface area (Å²) < 4.78 is 0. The van der Waals surface area contributed by atoms with E-state index < -0.39 is 0 Å². The molecule has 1 heterocycles. The highest BCUT2D eigenvalue weighted by Gasteiger charge is 2.19. The topological polar surface area (TPSA) is 12.0 Å². The number of hydrogen-bond donors (Lipinski definition) is 1. The summed E-state index contributed by atoms with van der Waals surface area (Å²) in [5, 5.41) is 3.55. The normalized spacial score (nSPS) is 20.2. The molecule has 13 heavy (non-hydrogen) atoms. The van der Waals surface area contributed by atoms with Crippen LogP contribution in [0.4, 0.5) is 5.69 Å². The Balaban J connectivity index is 2.45. The molecule has 1 atom stereocenters. The van der Waals surface area contributed by atoms with Crippen LogP contribution in [0.5, 0.6) is 0 Å². The molecule has 1 N–H and O–H groups in total. The van der Waals surface area contributed by atoms with E-state index in [9.17, 15) is 0 Å². The molecule has 0 amide bonds. The molecule has 0 bridgehead atoms. The van der Waals surface area contributed by atoms with E-state index >= 15 is 0 Å². The quantitative estimate of drug-likeness (QED) is 0.691. The summed E-state index contributed by atoms with van der Waals surface area (Å²) in [6.07, 6.45) is 1.18. The molecule has 1 nitrogen and oxygen atoms in total. The fourth-order valence-corrected chi connectivity index (χ4v) is 2.07. The number of nitrogens with one attached hydrogen (secondary N) is 1. The van der Waals surface area contributed by atoms with Crippen LogP contribution in [0.2, 0.25) is 0 Å². The van der Waals surface area contributed by atoms with Gasteiger partial charge in [0, 0.05) is 11.7 Å². The van der Waals surface area contributed by atoms with Gasteiger partial charge in [-0.25, -0.2) is 0 Å². The summed E-state index contributed by atoms with van der Waals surface area (Å²) in [4.78, 5) is 0. The second-order valence-electron chi connectivity index (χ2n) is 4.29. The van der Waals surface area contributed by atoms with Crippen LogP contribution in [0.3, 0.4) is 0 Å². The first-order chi connectivity index (χ1) is 6.18. The van der Waals surface area contributed by atoms with Gasteiger partial charge in [-0.2, -0.15) is 0 Å². The fourth-order valence-electron chi connectivity index (χ4n) is 2.07. The number of anilines is 1. The third-order valence-corrected chi connectivity index (χ3v) is 2.72. The van der Waals surface area contributed by atoms with E-state index in [1.807, 2.05) is 0 Å². The highest BCUT2D eigenvalue weighted by molar-refractivity contribution is 5.63. The Morgan fingerprint density at radius 1 is 1.38 bits per heavy atom. The lowest BCUT2D eigenvalue weighted by Crippen LogP contribution is -2.09. The zero-order chi connectivity index (χ0) is 9.42. The molecule has 0 aromatic heterocycles. The van der Waals surface area contributed by atoms with E-state index in [0.29, 0.717) is 12.0 Å². The predicted molar refractivity (Wildman–Crippen MR) is 57.3 cm³/mol. The molecule has 70 valence electrons.